The van der Waals surface area contributed by atoms with Crippen LogP contribution in [0.2, 0.25) is 0 Å². The number of nitrogens with zero attached hydrogens (tertiary/aromatic N) is 1. The SMILES string of the molecule is CCCN(CC1CCOC1)S(=O)(=O)c1cccc(C(F)(F)F)c1. The zero-order chi connectivity index (χ0) is 17.1. The van der Waals surface area contributed by atoms with Gasteiger partial charge in [-0.1, -0.05) is 13.0 Å². The molecular formula is C15H20F3NO3S. The predicted molar refractivity (Wildman–Crippen MR) is 79.4 cm³/mol. The molecule has 1 fully saturated rings. The molecule has 0 bridgehead atoms. The monoisotopic (exact) mass is 351 g/mol. The Morgan fingerprint density at radius 1 is 1.35 bits per heavy atom. The van der Waals surface area contributed by atoms with Crippen molar-refractivity contribution in [3.05, 3.63) is 29.8 Å². The lowest BCUT2D eigenvalue weighted by atomic mass is 10.1. The number of hydrogen-bond acceptors (Lipinski definition) is 3. The summed E-state index contributed by atoms with van der Waals surface area (Å²) in [6.45, 7) is 3.45. The predicted octanol–water partition coefficient (Wildman–Crippen LogP) is 3.14. The second-order valence-corrected chi connectivity index (χ2v) is 7.56. The highest BCUT2D eigenvalue weighted by Crippen LogP contribution is 2.31. The minimum atomic E-state index is -4.57. The normalized spacial score (nSPS) is 19.4. The molecule has 1 atom stereocenters. The third-order valence-electron chi connectivity index (χ3n) is 3.76. The molecule has 1 aliphatic rings. The molecule has 4 nitrogen and oxygen atoms in total. The van der Waals surface area contributed by atoms with E-state index in [2.05, 4.69) is 0 Å². The Bertz CT molecular complexity index is 625. The molecule has 130 valence electrons. The van der Waals surface area contributed by atoms with Crippen molar-refractivity contribution >= 4 is 10.0 Å². The van der Waals surface area contributed by atoms with E-state index in [0.29, 0.717) is 25.7 Å². The van der Waals surface area contributed by atoms with E-state index >= 15 is 0 Å². The maximum atomic E-state index is 12.8. The number of ether oxygens (including phenoxy) is 1. The molecule has 2 rings (SSSR count). The summed E-state index contributed by atoms with van der Waals surface area (Å²) in [4.78, 5) is -0.320. The largest absolute Gasteiger partial charge is 0.416 e. The highest BCUT2D eigenvalue weighted by atomic mass is 32.2. The van der Waals surface area contributed by atoms with E-state index in [1.54, 1.807) is 0 Å². The summed E-state index contributed by atoms with van der Waals surface area (Å²) in [5, 5.41) is 0. The van der Waals surface area contributed by atoms with E-state index in [4.69, 9.17) is 4.74 Å². The molecule has 0 spiro atoms. The molecule has 1 aromatic carbocycles. The number of sulfonamides is 1. The van der Waals surface area contributed by atoms with Gasteiger partial charge in [-0.2, -0.15) is 17.5 Å². The van der Waals surface area contributed by atoms with Crippen LogP contribution in [0.4, 0.5) is 13.2 Å². The maximum Gasteiger partial charge on any atom is 0.416 e. The van der Waals surface area contributed by atoms with Crippen LogP contribution in [0.5, 0.6) is 0 Å². The van der Waals surface area contributed by atoms with Gasteiger partial charge in [0.15, 0.2) is 0 Å². The number of alkyl halides is 3. The van der Waals surface area contributed by atoms with Crippen LogP contribution in [0.15, 0.2) is 29.2 Å². The molecule has 8 heteroatoms. The number of halogens is 3. The van der Waals surface area contributed by atoms with Gasteiger partial charge >= 0.3 is 6.18 Å². The maximum absolute atomic E-state index is 12.8. The standard InChI is InChI=1S/C15H20F3NO3S/c1-2-7-19(10-12-6-8-22-11-12)23(20,21)14-5-3-4-13(9-14)15(16,17)18/h3-5,9,12H,2,6-8,10-11H2,1H3. The van der Waals surface area contributed by atoms with E-state index in [0.717, 1.165) is 18.6 Å². The lowest BCUT2D eigenvalue weighted by molar-refractivity contribution is -0.137. The number of hydrogen-bond donors (Lipinski definition) is 0. The van der Waals surface area contributed by atoms with E-state index in [9.17, 15) is 21.6 Å². The van der Waals surface area contributed by atoms with E-state index in [1.165, 1.54) is 10.4 Å². The topological polar surface area (TPSA) is 46.6 Å². The highest BCUT2D eigenvalue weighted by Gasteiger charge is 2.33. The van der Waals surface area contributed by atoms with Crippen molar-refractivity contribution in [3.8, 4) is 0 Å². The fourth-order valence-corrected chi connectivity index (χ4v) is 4.21. The minimum absolute atomic E-state index is 0.0853. The van der Waals surface area contributed by atoms with E-state index in [1.807, 2.05) is 6.92 Å². The van der Waals surface area contributed by atoms with E-state index < -0.39 is 21.8 Å². The average Bonchev–Trinajstić information content (AvgIpc) is 2.99. The van der Waals surface area contributed by atoms with Gasteiger partial charge in [-0.3, -0.25) is 0 Å². The first kappa shape index (κ1) is 18.2. The van der Waals surface area contributed by atoms with Crippen LogP contribution in [0.25, 0.3) is 0 Å². The molecule has 0 amide bonds. The molecule has 23 heavy (non-hydrogen) atoms. The van der Waals surface area contributed by atoms with Gasteiger partial charge in [0.2, 0.25) is 10.0 Å². The summed E-state index contributed by atoms with van der Waals surface area (Å²) in [7, 11) is -3.96. The highest BCUT2D eigenvalue weighted by molar-refractivity contribution is 7.89. The van der Waals surface area contributed by atoms with Gasteiger partial charge in [0.1, 0.15) is 0 Å². The number of benzene rings is 1. The summed E-state index contributed by atoms with van der Waals surface area (Å²) in [6, 6.07) is 3.90. The minimum Gasteiger partial charge on any atom is -0.381 e. The average molecular weight is 351 g/mol. The Labute approximate surface area is 134 Å². The summed E-state index contributed by atoms with van der Waals surface area (Å²) in [5.41, 5.74) is -0.959. The third kappa shape index (κ3) is 4.45. The number of rotatable bonds is 6. The smallest absolute Gasteiger partial charge is 0.381 e. The molecule has 0 aromatic heterocycles. The van der Waals surface area contributed by atoms with Crippen LogP contribution < -0.4 is 0 Å². The Kier molecular flexibility index (Phi) is 5.70. The Morgan fingerprint density at radius 2 is 2.09 bits per heavy atom. The molecular weight excluding hydrogens is 331 g/mol. The van der Waals surface area contributed by atoms with Crippen molar-refractivity contribution in [2.75, 3.05) is 26.3 Å². The van der Waals surface area contributed by atoms with Crippen LogP contribution in [-0.4, -0.2) is 39.0 Å². The van der Waals surface area contributed by atoms with Crippen molar-refractivity contribution in [2.24, 2.45) is 5.92 Å². The zero-order valence-corrected chi connectivity index (χ0v) is 13.7. The zero-order valence-electron chi connectivity index (χ0n) is 12.8. The fourth-order valence-electron chi connectivity index (χ4n) is 2.56. The molecule has 0 N–H and O–H groups in total. The van der Waals surface area contributed by atoms with Crippen molar-refractivity contribution < 1.29 is 26.3 Å². The summed E-state index contributed by atoms with van der Waals surface area (Å²) in [5.74, 6) is 0.0853. The van der Waals surface area contributed by atoms with Crippen molar-refractivity contribution in [3.63, 3.8) is 0 Å². The fraction of sp³-hybridized carbons (Fsp3) is 0.600. The van der Waals surface area contributed by atoms with Gasteiger partial charge in [-0.05, 0) is 37.0 Å². The summed E-state index contributed by atoms with van der Waals surface area (Å²) >= 11 is 0. The second kappa shape index (κ2) is 7.19. The summed E-state index contributed by atoms with van der Waals surface area (Å²) in [6.07, 6.45) is -3.22. The molecule has 1 saturated heterocycles. The molecule has 1 unspecified atom stereocenters. The van der Waals surface area contributed by atoms with Gasteiger partial charge in [0.05, 0.1) is 17.1 Å². The van der Waals surface area contributed by atoms with Gasteiger partial charge in [0.25, 0.3) is 0 Å². The van der Waals surface area contributed by atoms with Gasteiger partial charge in [-0.25, -0.2) is 8.42 Å². The van der Waals surface area contributed by atoms with Gasteiger partial charge in [-0.15, -0.1) is 0 Å². The quantitative estimate of drug-likeness (QED) is 0.791. The first-order chi connectivity index (χ1) is 10.7. The molecule has 1 aliphatic heterocycles. The molecule has 0 saturated carbocycles. The first-order valence-corrected chi connectivity index (χ1v) is 8.94. The lowest BCUT2D eigenvalue weighted by Crippen LogP contribution is -2.36. The lowest BCUT2D eigenvalue weighted by Gasteiger charge is -2.24. The second-order valence-electron chi connectivity index (χ2n) is 5.62. The van der Waals surface area contributed by atoms with Gasteiger partial charge < -0.3 is 4.74 Å². The first-order valence-electron chi connectivity index (χ1n) is 7.50. The molecule has 0 radical (unpaired) electrons. The Balaban J connectivity index is 2.29. The molecule has 1 aromatic rings. The van der Waals surface area contributed by atoms with Crippen molar-refractivity contribution in [1.29, 1.82) is 0 Å². The van der Waals surface area contributed by atoms with Crippen LogP contribution in [0.3, 0.4) is 0 Å². The Hall–Kier alpha value is -1.12. The van der Waals surface area contributed by atoms with Crippen LogP contribution in [0.1, 0.15) is 25.3 Å². The van der Waals surface area contributed by atoms with Crippen molar-refractivity contribution in [2.45, 2.75) is 30.8 Å². The van der Waals surface area contributed by atoms with Crippen molar-refractivity contribution in [1.82, 2.24) is 4.31 Å². The van der Waals surface area contributed by atoms with Gasteiger partial charge in [0, 0.05) is 19.7 Å². The van der Waals surface area contributed by atoms with Crippen LogP contribution >= 0.6 is 0 Å². The van der Waals surface area contributed by atoms with E-state index in [-0.39, 0.29) is 23.9 Å². The Morgan fingerprint density at radius 3 is 2.65 bits per heavy atom. The van der Waals surface area contributed by atoms with Crippen LogP contribution in [-0.2, 0) is 20.9 Å². The third-order valence-corrected chi connectivity index (χ3v) is 5.62. The molecule has 0 aliphatic carbocycles. The molecule has 1 heterocycles. The van der Waals surface area contributed by atoms with Crippen LogP contribution in [0, 0.1) is 5.92 Å². The summed E-state index contributed by atoms with van der Waals surface area (Å²) < 4.78 is 70.4.